The van der Waals surface area contributed by atoms with Crippen LogP contribution in [0.15, 0.2) is 30.3 Å². The molecule has 0 saturated carbocycles. The molecule has 0 radical (unpaired) electrons. The molecule has 1 fully saturated rings. The molecule has 1 N–H and O–H groups in total. The molecule has 1 aliphatic rings. The van der Waals surface area contributed by atoms with Crippen molar-refractivity contribution in [2.75, 3.05) is 19.7 Å². The number of esters is 1. The fourth-order valence-corrected chi connectivity index (χ4v) is 3.30. The molecule has 3 atom stereocenters. The topological polar surface area (TPSA) is 67.9 Å². The number of hydrogen-bond donors (Lipinski definition) is 1. The summed E-state index contributed by atoms with van der Waals surface area (Å²) in [4.78, 5) is 26.6. The molecule has 2 unspecified atom stereocenters. The molecule has 150 valence electrons. The van der Waals surface area contributed by atoms with E-state index in [1.54, 1.807) is 4.90 Å². The second kappa shape index (κ2) is 9.22. The van der Waals surface area contributed by atoms with E-state index < -0.39 is 5.60 Å². The van der Waals surface area contributed by atoms with Gasteiger partial charge < -0.3 is 19.7 Å². The van der Waals surface area contributed by atoms with Crippen LogP contribution in [0, 0.1) is 5.92 Å². The van der Waals surface area contributed by atoms with Gasteiger partial charge in [0, 0.05) is 25.2 Å². The van der Waals surface area contributed by atoms with Crippen molar-refractivity contribution in [1.29, 1.82) is 0 Å². The maximum atomic E-state index is 12.5. The van der Waals surface area contributed by atoms with Crippen molar-refractivity contribution in [3.8, 4) is 0 Å². The Labute approximate surface area is 162 Å². The lowest BCUT2D eigenvalue weighted by molar-refractivity contribution is -0.151. The second-order valence-electron chi connectivity index (χ2n) is 7.98. The fraction of sp³-hybridized carbons (Fsp3) is 0.619. The molecule has 0 aromatic heterocycles. The van der Waals surface area contributed by atoms with Crippen LogP contribution in [0.5, 0.6) is 0 Å². The first-order valence-corrected chi connectivity index (χ1v) is 9.67. The summed E-state index contributed by atoms with van der Waals surface area (Å²) in [7, 11) is 0. The van der Waals surface area contributed by atoms with Crippen molar-refractivity contribution in [2.45, 2.75) is 58.7 Å². The maximum Gasteiger partial charge on any atom is 0.410 e. The highest BCUT2D eigenvalue weighted by atomic mass is 16.6. The number of nitrogens with one attached hydrogen (secondary N) is 1. The minimum atomic E-state index is -0.546. The number of carbonyl (C=O) groups excluding carboxylic acids is 2. The van der Waals surface area contributed by atoms with Crippen LogP contribution in [0.2, 0.25) is 0 Å². The van der Waals surface area contributed by atoms with E-state index in [-0.39, 0.29) is 30.1 Å². The van der Waals surface area contributed by atoms with Gasteiger partial charge in [-0.15, -0.1) is 0 Å². The maximum absolute atomic E-state index is 12.5. The molecule has 1 amide bonds. The highest BCUT2D eigenvalue weighted by molar-refractivity contribution is 5.74. The van der Waals surface area contributed by atoms with Gasteiger partial charge in [-0.3, -0.25) is 4.79 Å². The summed E-state index contributed by atoms with van der Waals surface area (Å²) in [5.41, 5.74) is 0.587. The number of piperidine rings is 1. The number of rotatable bonds is 5. The summed E-state index contributed by atoms with van der Waals surface area (Å²) in [6, 6.07) is 9.90. The Hall–Kier alpha value is -2.08. The average molecular weight is 376 g/mol. The highest BCUT2D eigenvalue weighted by Gasteiger charge is 2.38. The van der Waals surface area contributed by atoms with Gasteiger partial charge in [-0.1, -0.05) is 30.3 Å². The molecule has 6 nitrogen and oxygen atoms in total. The van der Waals surface area contributed by atoms with Crippen LogP contribution in [0.3, 0.4) is 0 Å². The van der Waals surface area contributed by atoms with E-state index in [0.717, 1.165) is 5.56 Å². The van der Waals surface area contributed by atoms with Gasteiger partial charge in [-0.2, -0.15) is 0 Å². The number of amides is 1. The van der Waals surface area contributed by atoms with E-state index in [0.29, 0.717) is 26.1 Å². The molecule has 27 heavy (non-hydrogen) atoms. The van der Waals surface area contributed by atoms with Gasteiger partial charge in [-0.25, -0.2) is 4.79 Å². The number of hydrogen-bond acceptors (Lipinski definition) is 5. The molecule has 1 heterocycles. The summed E-state index contributed by atoms with van der Waals surface area (Å²) in [6.07, 6.45) is 0.209. The summed E-state index contributed by atoms with van der Waals surface area (Å²) in [5, 5.41) is 3.52. The van der Waals surface area contributed by atoms with E-state index >= 15 is 0 Å². The van der Waals surface area contributed by atoms with Crippen molar-refractivity contribution in [1.82, 2.24) is 10.2 Å². The van der Waals surface area contributed by atoms with E-state index in [1.165, 1.54) is 0 Å². The van der Waals surface area contributed by atoms with Gasteiger partial charge in [0.1, 0.15) is 5.60 Å². The van der Waals surface area contributed by atoms with Crippen LogP contribution in [-0.2, 0) is 14.3 Å². The van der Waals surface area contributed by atoms with E-state index in [4.69, 9.17) is 9.47 Å². The Morgan fingerprint density at radius 1 is 1.26 bits per heavy atom. The molecule has 0 spiro atoms. The third-order valence-corrected chi connectivity index (χ3v) is 4.62. The van der Waals surface area contributed by atoms with Crippen LogP contribution in [0.4, 0.5) is 4.79 Å². The predicted octanol–water partition coefficient (Wildman–Crippen LogP) is 3.53. The first kappa shape index (κ1) is 21.2. The number of likely N-dealkylation sites (tertiary alicyclic amines) is 1. The lowest BCUT2D eigenvalue weighted by atomic mass is 9.90. The lowest BCUT2D eigenvalue weighted by Gasteiger charge is -2.39. The first-order valence-electron chi connectivity index (χ1n) is 9.67. The van der Waals surface area contributed by atoms with Gasteiger partial charge in [0.15, 0.2) is 0 Å². The lowest BCUT2D eigenvalue weighted by Crippen LogP contribution is -2.56. The molecule has 2 rings (SSSR count). The zero-order valence-corrected chi connectivity index (χ0v) is 17.0. The summed E-state index contributed by atoms with van der Waals surface area (Å²) < 4.78 is 10.8. The van der Waals surface area contributed by atoms with E-state index in [1.807, 2.05) is 58.0 Å². The normalized spacial score (nSPS) is 21.4. The number of nitrogens with zero attached hydrogens (tertiary/aromatic N) is 1. The van der Waals surface area contributed by atoms with E-state index in [2.05, 4.69) is 12.2 Å². The van der Waals surface area contributed by atoms with Gasteiger partial charge >= 0.3 is 12.1 Å². The third kappa shape index (κ3) is 6.24. The molecule has 0 bridgehead atoms. The standard InChI is InChI=1S/C21H32N2O4/c1-6-26-19(24)17-12-13-23(20(25)27-21(3,4)5)14-18(17)22-15(2)16-10-8-7-9-11-16/h7-11,15,17-18,22H,6,12-14H2,1-5H3/t15?,17?,18-/m0/s1. The molecule has 1 aliphatic heterocycles. The summed E-state index contributed by atoms with van der Waals surface area (Å²) in [6.45, 7) is 10.7. The first-order chi connectivity index (χ1) is 12.7. The smallest absolute Gasteiger partial charge is 0.410 e. The molecule has 1 saturated heterocycles. The average Bonchev–Trinajstić information content (AvgIpc) is 2.61. The SMILES string of the molecule is CCOC(=O)C1CCN(C(=O)OC(C)(C)C)C[C@@H]1NC(C)c1ccccc1. The molecule has 1 aromatic rings. The Kier molecular flexibility index (Phi) is 7.25. The van der Waals surface area contributed by atoms with Crippen molar-refractivity contribution >= 4 is 12.1 Å². The molecular formula is C21H32N2O4. The van der Waals surface area contributed by atoms with Crippen LogP contribution in [0.25, 0.3) is 0 Å². The Bertz CT molecular complexity index is 627. The number of carbonyl (C=O) groups is 2. The minimum absolute atomic E-state index is 0.0479. The van der Waals surface area contributed by atoms with Crippen LogP contribution in [0.1, 0.15) is 52.6 Å². The minimum Gasteiger partial charge on any atom is -0.466 e. The number of benzene rings is 1. The third-order valence-electron chi connectivity index (χ3n) is 4.62. The van der Waals surface area contributed by atoms with Gasteiger partial charge in [0.25, 0.3) is 0 Å². The van der Waals surface area contributed by atoms with E-state index in [9.17, 15) is 9.59 Å². The van der Waals surface area contributed by atoms with Crippen molar-refractivity contribution < 1.29 is 19.1 Å². The fourth-order valence-electron chi connectivity index (χ4n) is 3.30. The quantitative estimate of drug-likeness (QED) is 0.797. The Morgan fingerprint density at radius 2 is 1.93 bits per heavy atom. The summed E-state index contributed by atoms with van der Waals surface area (Å²) in [5.74, 6) is -0.492. The van der Waals surface area contributed by atoms with Crippen LogP contribution in [-0.4, -0.2) is 48.3 Å². The zero-order chi connectivity index (χ0) is 20.0. The second-order valence-corrected chi connectivity index (χ2v) is 7.98. The predicted molar refractivity (Wildman–Crippen MR) is 104 cm³/mol. The number of ether oxygens (including phenoxy) is 2. The summed E-state index contributed by atoms with van der Waals surface area (Å²) >= 11 is 0. The molecule has 0 aliphatic carbocycles. The highest BCUT2D eigenvalue weighted by Crippen LogP contribution is 2.24. The van der Waals surface area contributed by atoms with Crippen molar-refractivity contribution in [3.05, 3.63) is 35.9 Å². The Balaban J connectivity index is 2.12. The largest absolute Gasteiger partial charge is 0.466 e. The van der Waals surface area contributed by atoms with Crippen LogP contribution >= 0.6 is 0 Å². The Morgan fingerprint density at radius 3 is 2.52 bits per heavy atom. The van der Waals surface area contributed by atoms with Crippen LogP contribution < -0.4 is 5.32 Å². The van der Waals surface area contributed by atoms with Gasteiger partial charge in [0.05, 0.1) is 12.5 Å². The van der Waals surface area contributed by atoms with Gasteiger partial charge in [0.2, 0.25) is 0 Å². The van der Waals surface area contributed by atoms with Crippen molar-refractivity contribution in [2.24, 2.45) is 5.92 Å². The van der Waals surface area contributed by atoms with Gasteiger partial charge in [-0.05, 0) is 46.6 Å². The zero-order valence-electron chi connectivity index (χ0n) is 17.0. The molecule has 1 aromatic carbocycles. The monoisotopic (exact) mass is 376 g/mol. The molecule has 6 heteroatoms. The molecular weight excluding hydrogens is 344 g/mol. The van der Waals surface area contributed by atoms with Crippen molar-refractivity contribution in [3.63, 3.8) is 0 Å².